The van der Waals surface area contributed by atoms with Gasteiger partial charge in [0, 0.05) is 24.5 Å². The fourth-order valence-electron chi connectivity index (χ4n) is 4.17. The molecule has 204 valence electrons. The van der Waals surface area contributed by atoms with E-state index >= 15 is 0 Å². The highest BCUT2D eigenvalue weighted by Crippen LogP contribution is 2.53. The molecule has 1 saturated carbocycles. The normalized spacial score (nSPS) is 17.0. The summed E-state index contributed by atoms with van der Waals surface area (Å²) in [5, 5.41) is 9.51. The summed E-state index contributed by atoms with van der Waals surface area (Å²) < 4.78 is 16.2. The van der Waals surface area contributed by atoms with Crippen molar-refractivity contribution in [2.24, 2.45) is 10.8 Å². The molecular weight excluding hydrogens is 470 g/mol. The van der Waals surface area contributed by atoms with Gasteiger partial charge in [0.1, 0.15) is 11.4 Å². The maximum absolute atomic E-state index is 13.2. The first-order chi connectivity index (χ1) is 17.2. The number of alkyl carbamates (subject to hydrolysis) is 1. The van der Waals surface area contributed by atoms with E-state index in [1.165, 1.54) is 0 Å². The van der Waals surface area contributed by atoms with E-state index in [2.05, 4.69) is 36.7 Å². The van der Waals surface area contributed by atoms with Gasteiger partial charge in [-0.1, -0.05) is 26.3 Å². The summed E-state index contributed by atoms with van der Waals surface area (Å²) in [5.74, 6) is 1.45. The molecule has 3 rings (SSSR count). The summed E-state index contributed by atoms with van der Waals surface area (Å²) in [6, 6.07) is 5.97. The Bertz CT molecular complexity index is 1080. The number of hydrogen-bond donors (Lipinski definition) is 3. The molecule has 2 aliphatic rings. The Morgan fingerprint density at radius 3 is 2.38 bits per heavy atom. The maximum atomic E-state index is 13.2. The number of benzene rings is 1. The lowest BCUT2D eigenvalue weighted by Gasteiger charge is -2.28. The van der Waals surface area contributed by atoms with Gasteiger partial charge in [0.15, 0.2) is 5.76 Å². The molecule has 8 heteroatoms. The summed E-state index contributed by atoms with van der Waals surface area (Å²) >= 11 is 0. The number of carbonyl (C=O) groups is 2. The minimum atomic E-state index is -0.524. The van der Waals surface area contributed by atoms with E-state index in [4.69, 9.17) is 14.2 Å². The van der Waals surface area contributed by atoms with Gasteiger partial charge >= 0.3 is 6.09 Å². The zero-order chi connectivity index (χ0) is 27.4. The largest absolute Gasteiger partial charge is 0.458 e. The average molecular weight is 514 g/mol. The maximum Gasteiger partial charge on any atom is 0.407 e. The van der Waals surface area contributed by atoms with Gasteiger partial charge in [0.2, 0.25) is 12.7 Å². The zero-order valence-electron chi connectivity index (χ0n) is 23.6. The van der Waals surface area contributed by atoms with Crippen LogP contribution in [0.15, 0.2) is 41.4 Å². The van der Waals surface area contributed by atoms with E-state index in [9.17, 15) is 9.59 Å². The minimum Gasteiger partial charge on any atom is -0.458 e. The molecule has 1 heterocycles. The predicted molar refractivity (Wildman–Crippen MR) is 146 cm³/mol. The second kappa shape index (κ2) is 11.1. The van der Waals surface area contributed by atoms with Gasteiger partial charge in [-0.05, 0) is 89.1 Å². The Morgan fingerprint density at radius 1 is 1.11 bits per heavy atom. The number of rotatable bonds is 10. The van der Waals surface area contributed by atoms with Crippen LogP contribution in [0.25, 0.3) is 0 Å². The first-order valence-electron chi connectivity index (χ1n) is 13.0. The monoisotopic (exact) mass is 513 g/mol. The number of nitrogens with one attached hydrogen (secondary N) is 3. The molecule has 8 nitrogen and oxygen atoms in total. The van der Waals surface area contributed by atoms with Crippen molar-refractivity contribution < 1.29 is 23.8 Å². The SMILES string of the molecule is CCc1cc(NC(=O)C2(/C(C)=C/C3=C(C)OCO3)CC2)ccc1NCC(C)(C)CNC(=O)OC(C)(C)C. The van der Waals surface area contributed by atoms with Gasteiger partial charge in [0.05, 0.1) is 5.41 Å². The molecule has 3 N–H and O–H groups in total. The summed E-state index contributed by atoms with van der Waals surface area (Å²) in [7, 11) is 0. The second-order valence-corrected chi connectivity index (χ2v) is 11.8. The quantitative estimate of drug-likeness (QED) is 0.349. The number of aryl methyl sites for hydroxylation is 1. The van der Waals surface area contributed by atoms with Crippen LogP contribution in [-0.2, 0) is 25.4 Å². The van der Waals surface area contributed by atoms with Crippen LogP contribution < -0.4 is 16.0 Å². The number of hydrogen-bond acceptors (Lipinski definition) is 6. The van der Waals surface area contributed by atoms with E-state index in [-0.39, 0.29) is 18.1 Å². The molecular formula is C29H43N3O5. The van der Waals surface area contributed by atoms with Crippen molar-refractivity contribution in [1.29, 1.82) is 0 Å². The van der Waals surface area contributed by atoms with Crippen LogP contribution >= 0.6 is 0 Å². The Balaban J connectivity index is 1.60. The number of amides is 2. The third kappa shape index (κ3) is 7.66. The number of ether oxygens (including phenoxy) is 3. The molecule has 1 aromatic carbocycles. The van der Waals surface area contributed by atoms with E-state index in [1.807, 2.05) is 58.9 Å². The van der Waals surface area contributed by atoms with Gasteiger partial charge in [-0.25, -0.2) is 4.79 Å². The Morgan fingerprint density at radius 2 is 1.81 bits per heavy atom. The molecule has 37 heavy (non-hydrogen) atoms. The van der Waals surface area contributed by atoms with Crippen molar-refractivity contribution in [3.63, 3.8) is 0 Å². The molecule has 1 aliphatic heterocycles. The first kappa shape index (κ1) is 28.4. The fourth-order valence-corrected chi connectivity index (χ4v) is 4.17. The van der Waals surface area contributed by atoms with E-state index in [0.717, 1.165) is 47.5 Å². The van der Waals surface area contributed by atoms with Crippen molar-refractivity contribution in [1.82, 2.24) is 5.32 Å². The lowest BCUT2D eigenvalue weighted by molar-refractivity contribution is -0.119. The number of allylic oxidation sites excluding steroid dienone is 2. The van der Waals surface area contributed by atoms with Crippen LogP contribution in [0.2, 0.25) is 0 Å². The average Bonchev–Trinajstić information content (AvgIpc) is 3.54. The first-order valence-corrected chi connectivity index (χ1v) is 13.0. The van der Waals surface area contributed by atoms with Crippen LogP contribution in [-0.4, -0.2) is 37.5 Å². The molecule has 1 aromatic rings. The fraction of sp³-hybridized carbons (Fsp3) is 0.586. The van der Waals surface area contributed by atoms with E-state index in [1.54, 1.807) is 0 Å². The Hall–Kier alpha value is -3.16. The van der Waals surface area contributed by atoms with Crippen molar-refractivity contribution in [2.45, 2.75) is 80.3 Å². The molecule has 1 fully saturated rings. The van der Waals surface area contributed by atoms with Crippen molar-refractivity contribution >= 4 is 23.4 Å². The summed E-state index contributed by atoms with van der Waals surface area (Å²) in [6.45, 7) is 17.0. The molecule has 0 radical (unpaired) electrons. The highest BCUT2D eigenvalue weighted by atomic mass is 16.7. The van der Waals surface area contributed by atoms with Gasteiger partial charge in [-0.15, -0.1) is 0 Å². The van der Waals surface area contributed by atoms with Crippen LogP contribution in [0.5, 0.6) is 0 Å². The van der Waals surface area contributed by atoms with Crippen molar-refractivity contribution in [3.05, 3.63) is 46.9 Å². The minimum absolute atomic E-state index is 0.00975. The third-order valence-corrected chi connectivity index (χ3v) is 6.74. The summed E-state index contributed by atoms with van der Waals surface area (Å²) in [4.78, 5) is 25.3. The van der Waals surface area contributed by atoms with Crippen LogP contribution in [0.3, 0.4) is 0 Å². The molecule has 0 bridgehead atoms. The molecule has 0 atom stereocenters. The molecule has 2 amide bonds. The Kier molecular flexibility index (Phi) is 8.50. The Labute approximate surface area is 221 Å². The third-order valence-electron chi connectivity index (χ3n) is 6.74. The van der Waals surface area contributed by atoms with Crippen molar-refractivity contribution in [2.75, 3.05) is 30.5 Å². The van der Waals surface area contributed by atoms with Gasteiger partial charge in [0.25, 0.3) is 0 Å². The second-order valence-electron chi connectivity index (χ2n) is 11.8. The molecule has 0 spiro atoms. The topological polar surface area (TPSA) is 97.9 Å². The van der Waals surface area contributed by atoms with Crippen LogP contribution in [0.1, 0.15) is 73.8 Å². The standard InChI is InChI=1S/C29H43N3O5/c1-9-21-15-22(32-25(33)29(12-13-29)19(2)14-24-20(3)35-18-36-24)10-11-23(21)30-16-28(7,8)17-31-26(34)37-27(4,5)6/h10-11,14-15,30H,9,12-13,16-18H2,1-8H3,(H,31,34)(H,32,33)/b19-14+. The van der Waals surface area contributed by atoms with Crippen molar-refractivity contribution in [3.8, 4) is 0 Å². The van der Waals surface area contributed by atoms with Gasteiger partial charge < -0.3 is 30.2 Å². The summed E-state index contributed by atoms with van der Waals surface area (Å²) in [6.07, 6.45) is 3.97. The highest BCUT2D eigenvalue weighted by molar-refractivity contribution is 5.99. The molecule has 1 aliphatic carbocycles. The zero-order valence-corrected chi connectivity index (χ0v) is 23.6. The molecule has 0 unspecified atom stereocenters. The van der Waals surface area contributed by atoms with E-state index in [0.29, 0.717) is 18.8 Å². The number of carbonyl (C=O) groups excluding carboxylic acids is 2. The molecule has 0 saturated heterocycles. The van der Waals surface area contributed by atoms with Gasteiger partial charge in [-0.3, -0.25) is 4.79 Å². The smallest absolute Gasteiger partial charge is 0.407 e. The van der Waals surface area contributed by atoms with Crippen LogP contribution in [0.4, 0.5) is 16.2 Å². The lowest BCUT2D eigenvalue weighted by atomic mass is 9.93. The predicted octanol–water partition coefficient (Wildman–Crippen LogP) is 6.11. The van der Waals surface area contributed by atoms with Gasteiger partial charge in [-0.2, -0.15) is 0 Å². The highest BCUT2D eigenvalue weighted by Gasteiger charge is 2.51. The number of anilines is 2. The molecule has 0 aromatic heterocycles. The van der Waals surface area contributed by atoms with E-state index < -0.39 is 17.1 Å². The van der Waals surface area contributed by atoms with Crippen LogP contribution in [0, 0.1) is 10.8 Å². The summed E-state index contributed by atoms with van der Waals surface area (Å²) in [5.41, 5.74) is 2.69. The lowest BCUT2D eigenvalue weighted by Crippen LogP contribution is -2.40.